The minimum absolute atomic E-state index is 0.0130. The van der Waals surface area contributed by atoms with E-state index in [2.05, 4.69) is 9.72 Å². The average molecular weight is 285 g/mol. The number of nitrogens with zero attached hydrogens (tertiary/aromatic N) is 1. The zero-order chi connectivity index (χ0) is 15.1. The summed E-state index contributed by atoms with van der Waals surface area (Å²) in [6.07, 6.45) is 0. The van der Waals surface area contributed by atoms with Gasteiger partial charge in [-0.05, 0) is 18.6 Å². The third-order valence-corrected chi connectivity index (χ3v) is 2.65. The van der Waals surface area contributed by atoms with Crippen molar-refractivity contribution in [3.8, 4) is 5.88 Å². The lowest BCUT2D eigenvalue weighted by atomic mass is 10.2. The van der Waals surface area contributed by atoms with Gasteiger partial charge in [0.25, 0.3) is 5.78 Å². The van der Waals surface area contributed by atoms with Crippen molar-refractivity contribution in [3.05, 3.63) is 59.8 Å². The third-order valence-electron chi connectivity index (χ3n) is 2.65. The molecule has 2 rings (SSSR count). The molecule has 0 unspecified atom stereocenters. The Labute approximate surface area is 122 Å². The van der Waals surface area contributed by atoms with E-state index in [1.807, 2.05) is 30.3 Å². The summed E-state index contributed by atoms with van der Waals surface area (Å²) in [6, 6.07) is 14.3. The maximum absolute atomic E-state index is 11.8. The Balaban J connectivity index is 2.04. The summed E-state index contributed by atoms with van der Waals surface area (Å²) in [5.74, 6) is -1.40. The SMILES string of the molecule is CCOC(=O)C(=O)c1cccc(OCc2ccccc2)n1. The Morgan fingerprint density at radius 1 is 1.05 bits per heavy atom. The van der Waals surface area contributed by atoms with Crippen LogP contribution in [0.2, 0.25) is 0 Å². The number of esters is 1. The quantitative estimate of drug-likeness (QED) is 0.463. The number of benzene rings is 1. The van der Waals surface area contributed by atoms with Crippen LogP contribution in [-0.2, 0) is 16.1 Å². The molecule has 5 heteroatoms. The number of ketones is 1. The van der Waals surface area contributed by atoms with Gasteiger partial charge >= 0.3 is 5.97 Å². The Morgan fingerprint density at radius 3 is 2.52 bits per heavy atom. The van der Waals surface area contributed by atoms with Gasteiger partial charge in [0, 0.05) is 6.07 Å². The molecule has 0 aliphatic rings. The molecule has 21 heavy (non-hydrogen) atoms. The first kappa shape index (κ1) is 14.7. The summed E-state index contributed by atoms with van der Waals surface area (Å²) in [5.41, 5.74) is 1.00. The highest BCUT2D eigenvalue weighted by Gasteiger charge is 2.19. The Morgan fingerprint density at radius 2 is 1.81 bits per heavy atom. The van der Waals surface area contributed by atoms with Crippen LogP contribution in [0.4, 0.5) is 0 Å². The first-order valence-corrected chi connectivity index (χ1v) is 6.56. The molecule has 1 aromatic carbocycles. The number of ether oxygens (including phenoxy) is 2. The molecule has 0 bridgehead atoms. The van der Waals surface area contributed by atoms with Crippen LogP contribution in [-0.4, -0.2) is 23.3 Å². The van der Waals surface area contributed by atoms with Crippen molar-refractivity contribution in [1.82, 2.24) is 4.98 Å². The third kappa shape index (κ3) is 4.14. The Hall–Kier alpha value is -2.69. The highest BCUT2D eigenvalue weighted by Crippen LogP contribution is 2.11. The zero-order valence-corrected chi connectivity index (χ0v) is 11.6. The highest BCUT2D eigenvalue weighted by atomic mass is 16.5. The van der Waals surface area contributed by atoms with E-state index in [1.54, 1.807) is 19.1 Å². The topological polar surface area (TPSA) is 65.5 Å². The summed E-state index contributed by atoms with van der Waals surface area (Å²) in [7, 11) is 0. The summed E-state index contributed by atoms with van der Waals surface area (Å²) >= 11 is 0. The van der Waals surface area contributed by atoms with Gasteiger partial charge in [0.05, 0.1) is 6.61 Å². The molecule has 0 saturated heterocycles. The first-order valence-electron chi connectivity index (χ1n) is 6.56. The van der Waals surface area contributed by atoms with Crippen LogP contribution >= 0.6 is 0 Å². The maximum Gasteiger partial charge on any atom is 0.381 e. The van der Waals surface area contributed by atoms with Gasteiger partial charge in [0.2, 0.25) is 5.88 Å². The van der Waals surface area contributed by atoms with Crippen molar-refractivity contribution in [2.75, 3.05) is 6.61 Å². The van der Waals surface area contributed by atoms with Crippen molar-refractivity contribution in [1.29, 1.82) is 0 Å². The van der Waals surface area contributed by atoms with Gasteiger partial charge in [-0.1, -0.05) is 36.4 Å². The fraction of sp³-hybridized carbons (Fsp3) is 0.188. The number of rotatable bonds is 6. The van der Waals surface area contributed by atoms with Crippen LogP contribution in [0.25, 0.3) is 0 Å². The number of hydrogen-bond acceptors (Lipinski definition) is 5. The van der Waals surface area contributed by atoms with Gasteiger partial charge in [-0.15, -0.1) is 0 Å². The molecule has 0 atom stereocenters. The van der Waals surface area contributed by atoms with Crippen LogP contribution in [0.5, 0.6) is 5.88 Å². The van der Waals surface area contributed by atoms with Gasteiger partial charge in [0.1, 0.15) is 12.3 Å². The lowest BCUT2D eigenvalue weighted by Gasteiger charge is -2.06. The molecule has 0 amide bonds. The van der Waals surface area contributed by atoms with E-state index in [1.165, 1.54) is 6.07 Å². The van der Waals surface area contributed by atoms with Crippen molar-refractivity contribution in [2.45, 2.75) is 13.5 Å². The molecule has 1 aromatic heterocycles. The predicted octanol–water partition coefficient (Wildman–Crippen LogP) is 2.41. The van der Waals surface area contributed by atoms with Crippen LogP contribution < -0.4 is 4.74 Å². The second-order valence-electron chi connectivity index (χ2n) is 4.18. The number of carbonyl (C=O) groups is 2. The fourth-order valence-electron chi connectivity index (χ4n) is 1.65. The van der Waals surface area contributed by atoms with E-state index >= 15 is 0 Å². The molecule has 0 N–H and O–H groups in total. The largest absolute Gasteiger partial charge is 0.473 e. The number of aromatic nitrogens is 1. The molecule has 0 aliphatic carbocycles. The molecule has 0 radical (unpaired) electrons. The van der Waals surface area contributed by atoms with Crippen molar-refractivity contribution in [3.63, 3.8) is 0 Å². The molecule has 1 heterocycles. The monoisotopic (exact) mass is 285 g/mol. The maximum atomic E-state index is 11.8. The normalized spacial score (nSPS) is 9.95. The van der Waals surface area contributed by atoms with E-state index in [0.717, 1.165) is 5.56 Å². The number of carbonyl (C=O) groups excluding carboxylic acids is 2. The van der Waals surface area contributed by atoms with Crippen LogP contribution in [0, 0.1) is 0 Å². The molecular weight excluding hydrogens is 270 g/mol. The van der Waals surface area contributed by atoms with Gasteiger partial charge in [-0.2, -0.15) is 0 Å². The van der Waals surface area contributed by atoms with Crippen LogP contribution in [0.15, 0.2) is 48.5 Å². The standard InChI is InChI=1S/C16H15NO4/c1-2-20-16(19)15(18)13-9-6-10-14(17-13)21-11-12-7-4-3-5-8-12/h3-10H,2,11H2,1H3. The van der Waals surface area contributed by atoms with Gasteiger partial charge < -0.3 is 9.47 Å². The van der Waals surface area contributed by atoms with E-state index in [9.17, 15) is 9.59 Å². The molecule has 0 saturated carbocycles. The molecule has 0 fully saturated rings. The van der Waals surface area contributed by atoms with Gasteiger partial charge in [-0.25, -0.2) is 9.78 Å². The lowest BCUT2D eigenvalue weighted by molar-refractivity contribution is -0.137. The fourth-order valence-corrected chi connectivity index (χ4v) is 1.65. The predicted molar refractivity (Wildman–Crippen MR) is 76.0 cm³/mol. The second kappa shape index (κ2) is 7.19. The molecule has 0 spiro atoms. The van der Waals surface area contributed by atoms with Gasteiger partial charge in [-0.3, -0.25) is 4.79 Å². The zero-order valence-electron chi connectivity index (χ0n) is 11.6. The van der Waals surface area contributed by atoms with Crippen molar-refractivity contribution in [2.24, 2.45) is 0 Å². The second-order valence-corrected chi connectivity index (χ2v) is 4.18. The molecular formula is C16H15NO4. The smallest absolute Gasteiger partial charge is 0.381 e. The average Bonchev–Trinajstić information content (AvgIpc) is 2.54. The minimum Gasteiger partial charge on any atom is -0.473 e. The Bertz CT molecular complexity index is 625. The van der Waals surface area contributed by atoms with Crippen molar-refractivity contribution < 1.29 is 19.1 Å². The molecule has 0 aliphatic heterocycles. The van der Waals surface area contributed by atoms with E-state index in [4.69, 9.17) is 4.74 Å². The minimum atomic E-state index is -0.912. The van der Waals surface area contributed by atoms with E-state index in [-0.39, 0.29) is 18.2 Å². The molecule has 2 aromatic rings. The number of pyridine rings is 1. The van der Waals surface area contributed by atoms with Crippen LogP contribution in [0.1, 0.15) is 23.0 Å². The highest BCUT2D eigenvalue weighted by molar-refractivity contribution is 6.40. The van der Waals surface area contributed by atoms with E-state index < -0.39 is 11.8 Å². The van der Waals surface area contributed by atoms with E-state index in [0.29, 0.717) is 6.61 Å². The number of Topliss-reactive ketones (excluding diaryl/α,β-unsaturated/α-hetero) is 1. The number of hydrogen-bond donors (Lipinski definition) is 0. The van der Waals surface area contributed by atoms with Gasteiger partial charge in [0.15, 0.2) is 0 Å². The van der Waals surface area contributed by atoms with Crippen LogP contribution in [0.3, 0.4) is 0 Å². The summed E-state index contributed by atoms with van der Waals surface area (Å²) in [6.45, 7) is 2.12. The Kier molecular flexibility index (Phi) is 5.04. The molecule has 5 nitrogen and oxygen atoms in total. The molecule has 108 valence electrons. The summed E-state index contributed by atoms with van der Waals surface area (Å²) in [5, 5.41) is 0. The lowest BCUT2D eigenvalue weighted by Crippen LogP contribution is -2.18. The van der Waals surface area contributed by atoms with Crippen molar-refractivity contribution >= 4 is 11.8 Å². The summed E-state index contributed by atoms with van der Waals surface area (Å²) in [4.78, 5) is 27.2. The first-order chi connectivity index (χ1) is 10.2. The summed E-state index contributed by atoms with van der Waals surface area (Å²) < 4.78 is 10.2.